The predicted molar refractivity (Wildman–Crippen MR) is 97.2 cm³/mol. The summed E-state index contributed by atoms with van der Waals surface area (Å²) >= 11 is 0. The summed E-state index contributed by atoms with van der Waals surface area (Å²) in [5.41, 5.74) is 1.25. The number of likely N-dealkylation sites (tertiary alicyclic amines) is 1. The summed E-state index contributed by atoms with van der Waals surface area (Å²) in [4.78, 5) is 26.5. The van der Waals surface area contributed by atoms with E-state index in [-0.39, 0.29) is 11.8 Å². The van der Waals surface area contributed by atoms with Gasteiger partial charge in [-0.1, -0.05) is 26.3 Å². The van der Waals surface area contributed by atoms with Crippen molar-refractivity contribution in [2.45, 2.75) is 39.5 Å². The fourth-order valence-electron chi connectivity index (χ4n) is 2.84. The highest BCUT2D eigenvalue weighted by Gasteiger charge is 2.18. The van der Waals surface area contributed by atoms with Crippen molar-refractivity contribution in [2.75, 3.05) is 31.5 Å². The quantitative estimate of drug-likeness (QED) is 0.755. The van der Waals surface area contributed by atoms with Crippen molar-refractivity contribution < 1.29 is 9.59 Å². The van der Waals surface area contributed by atoms with E-state index >= 15 is 0 Å². The molecule has 1 aliphatic heterocycles. The lowest BCUT2D eigenvalue weighted by Gasteiger charge is -2.29. The van der Waals surface area contributed by atoms with E-state index in [9.17, 15) is 9.59 Å². The molecule has 5 nitrogen and oxygen atoms in total. The number of benzene rings is 1. The van der Waals surface area contributed by atoms with Gasteiger partial charge in [-0.25, -0.2) is 0 Å². The van der Waals surface area contributed by atoms with E-state index in [2.05, 4.69) is 29.4 Å². The summed E-state index contributed by atoms with van der Waals surface area (Å²) in [6.07, 6.45) is 4.32. The van der Waals surface area contributed by atoms with Crippen LogP contribution in [0, 0.1) is 5.92 Å². The van der Waals surface area contributed by atoms with Gasteiger partial charge < -0.3 is 10.6 Å². The Kier molecular flexibility index (Phi) is 7.25. The number of hydrogen-bond donors (Lipinski definition) is 2. The fraction of sp³-hybridized carbons (Fsp3) is 0.579. The number of nitrogens with zero attached hydrogens (tertiary/aromatic N) is 1. The van der Waals surface area contributed by atoms with Crippen LogP contribution in [0.4, 0.5) is 5.69 Å². The van der Waals surface area contributed by atoms with Gasteiger partial charge in [0.05, 0.1) is 6.54 Å². The van der Waals surface area contributed by atoms with Crippen molar-refractivity contribution in [3.8, 4) is 0 Å². The average molecular weight is 331 g/mol. The molecule has 2 amide bonds. The molecule has 2 N–H and O–H groups in total. The van der Waals surface area contributed by atoms with Gasteiger partial charge in [0.2, 0.25) is 5.91 Å². The van der Waals surface area contributed by atoms with Crippen LogP contribution in [0.15, 0.2) is 24.3 Å². The maximum absolute atomic E-state index is 12.2. The van der Waals surface area contributed by atoms with Gasteiger partial charge in [0.1, 0.15) is 0 Å². The highest BCUT2D eigenvalue weighted by atomic mass is 16.2. The van der Waals surface area contributed by atoms with Gasteiger partial charge in [0.15, 0.2) is 0 Å². The molecule has 24 heavy (non-hydrogen) atoms. The zero-order valence-corrected chi connectivity index (χ0v) is 14.8. The van der Waals surface area contributed by atoms with Crippen molar-refractivity contribution >= 4 is 17.5 Å². The van der Waals surface area contributed by atoms with Gasteiger partial charge in [-0.3, -0.25) is 14.5 Å². The van der Waals surface area contributed by atoms with Crippen LogP contribution in [-0.2, 0) is 4.79 Å². The largest absolute Gasteiger partial charge is 0.352 e. The molecular formula is C19H29N3O2. The summed E-state index contributed by atoms with van der Waals surface area (Å²) in [5.74, 6) is 0.643. The van der Waals surface area contributed by atoms with Crippen molar-refractivity contribution in [3.05, 3.63) is 29.8 Å². The monoisotopic (exact) mass is 331 g/mol. The van der Waals surface area contributed by atoms with E-state index < -0.39 is 0 Å². The molecule has 0 atom stereocenters. The second-order valence-corrected chi connectivity index (χ2v) is 6.70. The van der Waals surface area contributed by atoms with Crippen molar-refractivity contribution in [1.82, 2.24) is 10.2 Å². The number of carbonyl (C=O) groups excluding carboxylic acids is 2. The number of piperidine rings is 1. The summed E-state index contributed by atoms with van der Waals surface area (Å²) in [6.45, 7) is 7.40. The third-order valence-electron chi connectivity index (χ3n) is 4.47. The number of carbonyl (C=O) groups is 2. The first-order chi connectivity index (χ1) is 11.6. The Morgan fingerprint density at radius 2 is 2.00 bits per heavy atom. The maximum atomic E-state index is 12.2. The molecular weight excluding hydrogens is 302 g/mol. The first kappa shape index (κ1) is 18.5. The molecule has 0 bridgehead atoms. The van der Waals surface area contributed by atoms with Crippen LogP contribution in [0.2, 0.25) is 0 Å². The number of unbranched alkanes of at least 4 members (excludes halogenated alkanes) is 1. The molecule has 2 rings (SSSR count). The Morgan fingerprint density at radius 3 is 2.71 bits per heavy atom. The first-order valence-corrected chi connectivity index (χ1v) is 8.99. The topological polar surface area (TPSA) is 61.4 Å². The standard InChI is InChI=1S/C19H29N3O2/c1-3-4-10-20-19(24)16-6-5-7-17(13-16)21-18(23)14-22-11-8-15(2)9-12-22/h5-7,13,15H,3-4,8-12,14H2,1-2H3,(H,20,24)(H,21,23). The zero-order chi connectivity index (χ0) is 17.4. The van der Waals surface area contributed by atoms with E-state index in [1.54, 1.807) is 18.2 Å². The maximum Gasteiger partial charge on any atom is 0.251 e. The third kappa shape index (κ3) is 5.96. The normalized spacial score (nSPS) is 15.9. The second-order valence-electron chi connectivity index (χ2n) is 6.70. The average Bonchev–Trinajstić information content (AvgIpc) is 2.57. The molecule has 0 radical (unpaired) electrons. The van der Waals surface area contributed by atoms with E-state index in [0.29, 0.717) is 24.3 Å². The lowest BCUT2D eigenvalue weighted by molar-refractivity contribution is -0.117. The molecule has 0 spiro atoms. The molecule has 0 aliphatic carbocycles. The zero-order valence-electron chi connectivity index (χ0n) is 14.8. The smallest absolute Gasteiger partial charge is 0.251 e. The molecule has 0 unspecified atom stereocenters. The van der Waals surface area contributed by atoms with E-state index in [1.165, 1.54) is 0 Å². The number of rotatable bonds is 7. The van der Waals surface area contributed by atoms with Crippen LogP contribution in [0.25, 0.3) is 0 Å². The van der Waals surface area contributed by atoms with E-state index in [1.807, 2.05) is 6.07 Å². The molecule has 1 heterocycles. The Bertz CT molecular complexity index is 551. The van der Waals surface area contributed by atoms with Crippen molar-refractivity contribution in [1.29, 1.82) is 0 Å². The SMILES string of the molecule is CCCCNC(=O)c1cccc(NC(=O)CN2CCC(C)CC2)c1. The number of hydrogen-bond acceptors (Lipinski definition) is 3. The van der Waals surface area contributed by atoms with Gasteiger partial charge in [0, 0.05) is 17.8 Å². The molecule has 1 fully saturated rings. The van der Waals surface area contributed by atoms with Crippen molar-refractivity contribution in [2.24, 2.45) is 5.92 Å². The molecule has 1 saturated heterocycles. The number of nitrogens with one attached hydrogen (secondary N) is 2. The summed E-state index contributed by atoms with van der Waals surface area (Å²) in [5, 5.41) is 5.79. The summed E-state index contributed by atoms with van der Waals surface area (Å²) in [6, 6.07) is 7.12. The summed E-state index contributed by atoms with van der Waals surface area (Å²) in [7, 11) is 0. The highest BCUT2D eigenvalue weighted by molar-refractivity contribution is 5.97. The second kappa shape index (κ2) is 9.42. The molecule has 1 aromatic carbocycles. The third-order valence-corrected chi connectivity index (χ3v) is 4.47. The summed E-state index contributed by atoms with van der Waals surface area (Å²) < 4.78 is 0. The Labute approximate surface area is 144 Å². The van der Waals surface area contributed by atoms with Crippen LogP contribution in [-0.4, -0.2) is 42.9 Å². The molecule has 0 aromatic heterocycles. The molecule has 132 valence electrons. The van der Waals surface area contributed by atoms with Gasteiger partial charge >= 0.3 is 0 Å². The Balaban J connectivity index is 1.84. The molecule has 1 aromatic rings. The van der Waals surface area contributed by atoms with Crippen LogP contribution in [0.3, 0.4) is 0 Å². The minimum Gasteiger partial charge on any atom is -0.352 e. The van der Waals surface area contributed by atoms with Gasteiger partial charge in [-0.2, -0.15) is 0 Å². The number of amides is 2. The van der Waals surface area contributed by atoms with Gasteiger partial charge in [-0.05, 0) is 56.5 Å². The predicted octanol–water partition coefficient (Wildman–Crippen LogP) is 2.89. The van der Waals surface area contributed by atoms with Crippen LogP contribution >= 0.6 is 0 Å². The fourth-order valence-corrected chi connectivity index (χ4v) is 2.84. The minimum atomic E-state index is -0.0930. The van der Waals surface area contributed by atoms with E-state index in [4.69, 9.17) is 0 Å². The Hall–Kier alpha value is -1.88. The molecule has 5 heteroatoms. The first-order valence-electron chi connectivity index (χ1n) is 8.99. The lowest BCUT2D eigenvalue weighted by atomic mass is 9.99. The molecule has 1 aliphatic rings. The van der Waals surface area contributed by atoms with Crippen LogP contribution in [0.5, 0.6) is 0 Å². The van der Waals surface area contributed by atoms with Crippen molar-refractivity contribution in [3.63, 3.8) is 0 Å². The van der Waals surface area contributed by atoms with E-state index in [0.717, 1.165) is 44.7 Å². The number of anilines is 1. The van der Waals surface area contributed by atoms with Crippen LogP contribution < -0.4 is 10.6 Å². The Morgan fingerprint density at radius 1 is 1.25 bits per heavy atom. The highest BCUT2D eigenvalue weighted by Crippen LogP contribution is 2.16. The lowest BCUT2D eigenvalue weighted by Crippen LogP contribution is -2.38. The van der Waals surface area contributed by atoms with Crippen LogP contribution in [0.1, 0.15) is 49.9 Å². The molecule has 0 saturated carbocycles. The van der Waals surface area contributed by atoms with Gasteiger partial charge in [0.25, 0.3) is 5.91 Å². The minimum absolute atomic E-state index is 0.0203. The van der Waals surface area contributed by atoms with Gasteiger partial charge in [-0.15, -0.1) is 0 Å².